The summed E-state index contributed by atoms with van der Waals surface area (Å²) < 4.78 is 6.81. The molecule has 1 amide bonds. The Morgan fingerprint density at radius 3 is 2.46 bits per heavy atom. The van der Waals surface area contributed by atoms with Gasteiger partial charge in [-0.25, -0.2) is 4.68 Å². The number of ether oxygens (including phenoxy) is 1. The maximum atomic E-state index is 12.7. The summed E-state index contributed by atoms with van der Waals surface area (Å²) in [5.41, 5.74) is 6.03. The summed E-state index contributed by atoms with van der Waals surface area (Å²) in [4.78, 5) is 24.4. The molecule has 1 aromatic heterocycles. The quantitative estimate of drug-likeness (QED) is 0.651. The number of aliphatic hydroxyl groups is 1. The Bertz CT molecular complexity index is 1060. The fraction of sp³-hybridized carbons (Fsp3) is 0.286. The van der Waals surface area contributed by atoms with Gasteiger partial charge in [0, 0.05) is 5.39 Å². The Morgan fingerprint density at radius 1 is 1.14 bits per heavy atom. The molecular formula is C21H23N3O4. The van der Waals surface area contributed by atoms with Crippen molar-refractivity contribution in [1.82, 2.24) is 9.78 Å². The molecule has 7 heteroatoms. The zero-order valence-electron chi connectivity index (χ0n) is 15.8. The third-order valence-electron chi connectivity index (χ3n) is 4.46. The van der Waals surface area contributed by atoms with Crippen LogP contribution in [0.4, 0.5) is 0 Å². The fourth-order valence-electron chi connectivity index (χ4n) is 3.07. The molecule has 1 heterocycles. The molecule has 3 N–H and O–H groups in total. The SMILES string of the molecule is CC(C)c1ccccc1OC[C@H](O)Cn1nc(C(N)=O)c2ccccc2c1=O. The molecule has 7 nitrogen and oxygen atoms in total. The van der Waals surface area contributed by atoms with E-state index in [0.29, 0.717) is 16.5 Å². The van der Waals surface area contributed by atoms with Crippen LogP contribution in [-0.2, 0) is 6.54 Å². The molecule has 0 saturated heterocycles. The number of hydrogen-bond acceptors (Lipinski definition) is 5. The van der Waals surface area contributed by atoms with Gasteiger partial charge >= 0.3 is 0 Å². The van der Waals surface area contributed by atoms with Crippen molar-refractivity contribution >= 4 is 16.7 Å². The lowest BCUT2D eigenvalue weighted by atomic mass is 10.0. The Balaban J connectivity index is 1.82. The predicted molar refractivity (Wildman–Crippen MR) is 107 cm³/mol. The van der Waals surface area contributed by atoms with Gasteiger partial charge < -0.3 is 15.6 Å². The minimum Gasteiger partial charge on any atom is -0.491 e. The van der Waals surface area contributed by atoms with E-state index in [0.717, 1.165) is 10.2 Å². The summed E-state index contributed by atoms with van der Waals surface area (Å²) in [5, 5.41) is 15.2. The highest BCUT2D eigenvalue weighted by Crippen LogP contribution is 2.25. The van der Waals surface area contributed by atoms with Crippen LogP contribution in [0.5, 0.6) is 5.75 Å². The van der Waals surface area contributed by atoms with Crippen molar-refractivity contribution in [2.75, 3.05) is 6.61 Å². The first-order valence-corrected chi connectivity index (χ1v) is 9.08. The van der Waals surface area contributed by atoms with Crippen LogP contribution in [0.1, 0.15) is 35.8 Å². The number of benzene rings is 2. The van der Waals surface area contributed by atoms with Gasteiger partial charge in [-0.05, 0) is 23.6 Å². The molecule has 0 aliphatic carbocycles. The first kappa shape index (κ1) is 19.6. The topological polar surface area (TPSA) is 107 Å². The lowest BCUT2D eigenvalue weighted by molar-refractivity contribution is 0.0866. The molecule has 0 aliphatic rings. The van der Waals surface area contributed by atoms with Crippen molar-refractivity contribution in [2.24, 2.45) is 5.73 Å². The molecule has 0 radical (unpaired) electrons. The van der Waals surface area contributed by atoms with Crippen molar-refractivity contribution in [3.8, 4) is 5.75 Å². The highest BCUT2D eigenvalue weighted by molar-refractivity contribution is 6.03. The number of carbonyl (C=O) groups is 1. The number of primary amides is 1. The average molecular weight is 381 g/mol. The number of fused-ring (bicyclic) bond motifs is 1. The molecule has 28 heavy (non-hydrogen) atoms. The monoisotopic (exact) mass is 381 g/mol. The average Bonchev–Trinajstić information content (AvgIpc) is 2.68. The molecule has 0 unspecified atom stereocenters. The molecule has 1 atom stereocenters. The van der Waals surface area contributed by atoms with Crippen molar-refractivity contribution in [1.29, 1.82) is 0 Å². The van der Waals surface area contributed by atoms with Gasteiger partial charge in [0.15, 0.2) is 5.69 Å². The van der Waals surface area contributed by atoms with E-state index in [2.05, 4.69) is 18.9 Å². The molecule has 146 valence electrons. The second-order valence-electron chi connectivity index (χ2n) is 6.90. The van der Waals surface area contributed by atoms with E-state index in [9.17, 15) is 14.7 Å². The number of carbonyl (C=O) groups excluding carboxylic acids is 1. The van der Waals surface area contributed by atoms with Crippen LogP contribution in [0.2, 0.25) is 0 Å². The lowest BCUT2D eigenvalue weighted by Gasteiger charge is -2.17. The first-order valence-electron chi connectivity index (χ1n) is 9.08. The number of amides is 1. The summed E-state index contributed by atoms with van der Waals surface area (Å²) in [6.07, 6.45) is -0.993. The van der Waals surface area contributed by atoms with Crippen LogP contribution >= 0.6 is 0 Å². The summed E-state index contributed by atoms with van der Waals surface area (Å²) in [5.74, 6) is 0.228. The van der Waals surface area contributed by atoms with Crippen LogP contribution in [0.25, 0.3) is 10.8 Å². The molecular weight excluding hydrogens is 358 g/mol. The summed E-state index contributed by atoms with van der Waals surface area (Å²) in [7, 11) is 0. The van der Waals surface area contributed by atoms with E-state index < -0.39 is 17.6 Å². The molecule has 0 aliphatic heterocycles. The number of aliphatic hydroxyl groups excluding tert-OH is 1. The van der Waals surface area contributed by atoms with Gasteiger partial charge in [0.1, 0.15) is 18.5 Å². The lowest BCUT2D eigenvalue weighted by Crippen LogP contribution is -2.34. The Morgan fingerprint density at radius 2 is 1.79 bits per heavy atom. The molecule has 0 fully saturated rings. The minimum absolute atomic E-state index is 0.00604. The molecule has 2 aromatic carbocycles. The number of hydrogen-bond donors (Lipinski definition) is 2. The van der Waals surface area contributed by atoms with Crippen LogP contribution in [-0.4, -0.2) is 33.5 Å². The molecule has 0 spiro atoms. The highest BCUT2D eigenvalue weighted by atomic mass is 16.5. The fourth-order valence-corrected chi connectivity index (χ4v) is 3.07. The highest BCUT2D eigenvalue weighted by Gasteiger charge is 2.17. The third kappa shape index (κ3) is 4.04. The number of aromatic nitrogens is 2. The number of para-hydroxylation sites is 1. The summed E-state index contributed by atoms with van der Waals surface area (Å²) in [6.45, 7) is 3.98. The summed E-state index contributed by atoms with van der Waals surface area (Å²) in [6, 6.07) is 14.2. The maximum absolute atomic E-state index is 12.7. The van der Waals surface area contributed by atoms with E-state index in [1.165, 1.54) is 0 Å². The summed E-state index contributed by atoms with van der Waals surface area (Å²) >= 11 is 0. The van der Waals surface area contributed by atoms with Gasteiger partial charge in [-0.3, -0.25) is 9.59 Å². The second-order valence-corrected chi connectivity index (χ2v) is 6.90. The molecule has 3 rings (SSSR count). The van der Waals surface area contributed by atoms with Crippen LogP contribution in [0, 0.1) is 0 Å². The molecule has 0 saturated carbocycles. The van der Waals surface area contributed by atoms with E-state index in [1.54, 1.807) is 24.3 Å². The molecule has 3 aromatic rings. The van der Waals surface area contributed by atoms with Gasteiger partial charge in [0.25, 0.3) is 11.5 Å². The number of rotatable bonds is 7. The van der Waals surface area contributed by atoms with Gasteiger partial charge in [0.05, 0.1) is 11.9 Å². The zero-order valence-corrected chi connectivity index (χ0v) is 15.8. The van der Waals surface area contributed by atoms with E-state index in [1.807, 2.05) is 24.3 Å². The first-order chi connectivity index (χ1) is 13.4. The van der Waals surface area contributed by atoms with Crippen molar-refractivity contribution in [3.05, 3.63) is 70.1 Å². The van der Waals surface area contributed by atoms with Crippen LogP contribution in [0.3, 0.4) is 0 Å². The van der Waals surface area contributed by atoms with E-state index in [-0.39, 0.29) is 24.8 Å². The van der Waals surface area contributed by atoms with Crippen LogP contribution in [0.15, 0.2) is 53.3 Å². The minimum atomic E-state index is -0.993. The Kier molecular flexibility index (Phi) is 5.75. The zero-order chi connectivity index (χ0) is 20.3. The van der Waals surface area contributed by atoms with Gasteiger partial charge in [-0.1, -0.05) is 50.2 Å². The maximum Gasteiger partial charge on any atom is 0.274 e. The smallest absolute Gasteiger partial charge is 0.274 e. The largest absolute Gasteiger partial charge is 0.491 e. The van der Waals surface area contributed by atoms with Gasteiger partial charge in [0.2, 0.25) is 0 Å². The predicted octanol–water partition coefficient (Wildman–Crippen LogP) is 2.06. The number of nitrogens with zero attached hydrogens (tertiary/aromatic N) is 2. The van der Waals surface area contributed by atoms with Gasteiger partial charge in [-0.2, -0.15) is 5.10 Å². The normalized spacial score (nSPS) is 12.3. The van der Waals surface area contributed by atoms with Crippen molar-refractivity contribution < 1.29 is 14.6 Å². The van der Waals surface area contributed by atoms with Crippen molar-refractivity contribution in [2.45, 2.75) is 32.4 Å². The van der Waals surface area contributed by atoms with E-state index in [4.69, 9.17) is 10.5 Å². The van der Waals surface area contributed by atoms with Crippen LogP contribution < -0.4 is 16.0 Å². The molecule has 0 bridgehead atoms. The standard InChI is InChI=1S/C21H23N3O4/c1-13(2)15-7-5-6-10-18(15)28-12-14(25)11-24-21(27)17-9-4-3-8-16(17)19(23-24)20(22)26/h3-10,13-14,25H,11-12H2,1-2H3,(H2,22,26)/t14-/m1/s1. The Labute approximate surface area is 162 Å². The van der Waals surface area contributed by atoms with E-state index >= 15 is 0 Å². The number of nitrogens with two attached hydrogens (primary N) is 1. The Hall–Kier alpha value is -3.19. The van der Waals surface area contributed by atoms with Crippen molar-refractivity contribution in [3.63, 3.8) is 0 Å². The third-order valence-corrected chi connectivity index (χ3v) is 4.46. The van der Waals surface area contributed by atoms with Gasteiger partial charge in [-0.15, -0.1) is 0 Å². The second kappa shape index (κ2) is 8.22.